The van der Waals surface area contributed by atoms with Gasteiger partial charge in [-0.05, 0) is 92.3 Å². The van der Waals surface area contributed by atoms with Gasteiger partial charge in [0, 0.05) is 16.1 Å². The van der Waals surface area contributed by atoms with Crippen LogP contribution in [0.1, 0.15) is 42.5 Å². The van der Waals surface area contributed by atoms with Gasteiger partial charge in [-0.2, -0.15) is 0 Å². The lowest BCUT2D eigenvalue weighted by atomic mass is 9.54. The minimum Gasteiger partial charge on any atom is -0.358 e. The second kappa shape index (κ2) is 6.64. The molecule has 4 nitrogen and oxygen atoms in total. The number of amides is 1. The first kappa shape index (κ1) is 16.3. The Balaban J connectivity index is 1.29. The Hall–Kier alpha value is -1.14. The summed E-state index contributed by atoms with van der Waals surface area (Å²) in [5.74, 6) is 3.22. The summed E-state index contributed by atoms with van der Waals surface area (Å²) in [7, 11) is 0. The van der Waals surface area contributed by atoms with Gasteiger partial charge in [-0.15, -0.1) is 0 Å². The lowest BCUT2D eigenvalue weighted by molar-refractivity contribution is -0.00699. The Morgan fingerprint density at radius 2 is 1.54 bits per heavy atom. The predicted octanol–water partition coefficient (Wildman–Crippen LogP) is 3.38. The molecule has 0 aromatic heterocycles. The highest BCUT2D eigenvalue weighted by Crippen LogP contribution is 2.53. The van der Waals surface area contributed by atoms with Gasteiger partial charge in [0.15, 0.2) is 5.11 Å². The van der Waals surface area contributed by atoms with Crippen LogP contribution in [0.2, 0.25) is 0 Å². The van der Waals surface area contributed by atoms with E-state index in [2.05, 4.69) is 32.1 Å². The van der Waals surface area contributed by atoms with E-state index >= 15 is 0 Å². The molecule has 3 N–H and O–H groups in total. The summed E-state index contributed by atoms with van der Waals surface area (Å²) in [6, 6.07) is 7.72. The largest absolute Gasteiger partial charge is 0.358 e. The van der Waals surface area contributed by atoms with E-state index in [0.29, 0.717) is 16.7 Å². The van der Waals surface area contributed by atoms with E-state index in [1.807, 2.05) is 12.1 Å². The molecule has 0 heterocycles. The van der Waals surface area contributed by atoms with Crippen molar-refractivity contribution in [3.05, 3.63) is 34.3 Å². The van der Waals surface area contributed by atoms with Crippen LogP contribution in [0.4, 0.5) is 0 Å². The number of carbonyl (C=O) groups excluding carboxylic acids is 1. The zero-order valence-corrected chi connectivity index (χ0v) is 15.8. The molecule has 4 bridgehead atoms. The molecular formula is C18H22BrN3OS. The molecule has 6 heteroatoms. The van der Waals surface area contributed by atoms with E-state index in [0.717, 1.165) is 28.1 Å². The van der Waals surface area contributed by atoms with Crippen molar-refractivity contribution in [2.75, 3.05) is 0 Å². The lowest BCUT2D eigenvalue weighted by Crippen LogP contribution is -2.59. The van der Waals surface area contributed by atoms with Crippen LogP contribution in [0.15, 0.2) is 28.7 Å². The van der Waals surface area contributed by atoms with Crippen molar-refractivity contribution in [2.45, 2.75) is 38.1 Å². The van der Waals surface area contributed by atoms with E-state index in [1.165, 1.54) is 32.1 Å². The molecule has 4 aliphatic carbocycles. The van der Waals surface area contributed by atoms with Gasteiger partial charge >= 0.3 is 0 Å². The number of thiocarbonyl (C=S) groups is 1. The number of hydrogen-bond donors (Lipinski definition) is 3. The van der Waals surface area contributed by atoms with Gasteiger partial charge in [0.05, 0.1) is 0 Å². The Morgan fingerprint density at radius 1 is 0.958 bits per heavy atom. The number of rotatable bonds is 2. The Labute approximate surface area is 156 Å². The third kappa shape index (κ3) is 3.31. The van der Waals surface area contributed by atoms with Crippen molar-refractivity contribution >= 4 is 39.2 Å². The number of halogens is 1. The van der Waals surface area contributed by atoms with Crippen molar-refractivity contribution in [3.8, 4) is 0 Å². The van der Waals surface area contributed by atoms with Gasteiger partial charge in [0.2, 0.25) is 0 Å². The average molecular weight is 408 g/mol. The molecule has 4 fully saturated rings. The molecule has 5 rings (SSSR count). The fourth-order valence-corrected chi connectivity index (χ4v) is 5.59. The minimum atomic E-state index is -0.184. The Morgan fingerprint density at radius 3 is 2.12 bits per heavy atom. The minimum absolute atomic E-state index is 0.184. The van der Waals surface area contributed by atoms with Gasteiger partial charge < -0.3 is 5.32 Å². The summed E-state index contributed by atoms with van der Waals surface area (Å²) in [6.45, 7) is 0. The normalized spacial score (nSPS) is 33.1. The zero-order chi connectivity index (χ0) is 16.7. The van der Waals surface area contributed by atoms with Gasteiger partial charge in [-0.1, -0.05) is 15.9 Å². The molecule has 1 aromatic carbocycles. The van der Waals surface area contributed by atoms with Crippen LogP contribution >= 0.6 is 28.1 Å². The Bertz CT molecular complexity index is 620. The Kier molecular flexibility index (Phi) is 4.52. The number of hydrazine groups is 1. The topological polar surface area (TPSA) is 53.2 Å². The van der Waals surface area contributed by atoms with Gasteiger partial charge in [0.1, 0.15) is 0 Å². The van der Waals surface area contributed by atoms with Crippen molar-refractivity contribution in [2.24, 2.45) is 23.7 Å². The van der Waals surface area contributed by atoms with Gasteiger partial charge in [-0.25, -0.2) is 0 Å². The number of benzene rings is 1. The molecule has 24 heavy (non-hydrogen) atoms. The van der Waals surface area contributed by atoms with Crippen molar-refractivity contribution in [1.29, 1.82) is 0 Å². The quantitative estimate of drug-likeness (QED) is 0.519. The molecule has 4 aliphatic rings. The van der Waals surface area contributed by atoms with E-state index in [1.54, 1.807) is 12.1 Å². The first-order valence-electron chi connectivity index (χ1n) is 8.71. The fourth-order valence-electron chi connectivity index (χ4n) is 5.14. The number of hydrogen-bond acceptors (Lipinski definition) is 2. The second-order valence-electron chi connectivity index (χ2n) is 7.52. The van der Waals surface area contributed by atoms with Crippen LogP contribution in [0, 0.1) is 23.7 Å². The first-order valence-corrected chi connectivity index (χ1v) is 9.91. The molecule has 0 spiro atoms. The van der Waals surface area contributed by atoms with Crippen molar-refractivity contribution < 1.29 is 4.79 Å². The van der Waals surface area contributed by atoms with Crippen LogP contribution in [0.3, 0.4) is 0 Å². The number of carbonyl (C=O) groups is 1. The highest BCUT2D eigenvalue weighted by atomic mass is 79.9. The third-order valence-corrected chi connectivity index (χ3v) is 6.67. The molecule has 1 aromatic rings. The lowest BCUT2D eigenvalue weighted by Gasteiger charge is -2.54. The smallest absolute Gasteiger partial charge is 0.269 e. The predicted molar refractivity (Wildman–Crippen MR) is 101 cm³/mol. The van der Waals surface area contributed by atoms with Crippen LogP contribution < -0.4 is 16.2 Å². The van der Waals surface area contributed by atoms with E-state index < -0.39 is 0 Å². The molecule has 128 valence electrons. The molecular weight excluding hydrogens is 386 g/mol. The van der Waals surface area contributed by atoms with Crippen LogP contribution in [-0.2, 0) is 0 Å². The maximum absolute atomic E-state index is 12.1. The summed E-state index contributed by atoms with van der Waals surface area (Å²) < 4.78 is 0.950. The second-order valence-corrected chi connectivity index (χ2v) is 8.84. The maximum Gasteiger partial charge on any atom is 0.269 e. The molecule has 1 amide bonds. The summed E-state index contributed by atoms with van der Waals surface area (Å²) in [4.78, 5) is 12.1. The number of nitrogens with one attached hydrogen (secondary N) is 3. The van der Waals surface area contributed by atoms with Crippen LogP contribution in [0.5, 0.6) is 0 Å². The highest BCUT2D eigenvalue weighted by Gasteiger charge is 2.48. The summed E-state index contributed by atoms with van der Waals surface area (Å²) in [5, 5.41) is 4.00. The van der Waals surface area contributed by atoms with E-state index in [9.17, 15) is 4.79 Å². The highest BCUT2D eigenvalue weighted by molar-refractivity contribution is 9.10. The molecule has 4 saturated carbocycles. The average Bonchev–Trinajstić information content (AvgIpc) is 2.56. The zero-order valence-electron chi connectivity index (χ0n) is 13.4. The van der Waals surface area contributed by atoms with Gasteiger partial charge in [0.25, 0.3) is 5.91 Å². The van der Waals surface area contributed by atoms with Crippen LogP contribution in [-0.4, -0.2) is 17.1 Å². The first-order chi connectivity index (χ1) is 11.6. The summed E-state index contributed by atoms with van der Waals surface area (Å²) >= 11 is 8.76. The summed E-state index contributed by atoms with van der Waals surface area (Å²) in [5.41, 5.74) is 6.15. The molecule has 0 unspecified atom stereocenters. The van der Waals surface area contributed by atoms with E-state index in [-0.39, 0.29) is 5.91 Å². The monoisotopic (exact) mass is 407 g/mol. The summed E-state index contributed by atoms with van der Waals surface area (Å²) in [6.07, 6.45) is 6.83. The standard InChI is InChI=1S/C18H22BrN3OS/c19-15-3-1-12(2-4-15)17(23)21-22-18(24)20-16-13-6-10-5-11(8-13)9-14(16)7-10/h1-4,10-11,13-14,16H,5-9H2,(H,21,23)(H2,20,22,24). The van der Waals surface area contributed by atoms with Crippen molar-refractivity contribution in [3.63, 3.8) is 0 Å². The van der Waals surface area contributed by atoms with Crippen LogP contribution in [0.25, 0.3) is 0 Å². The fraction of sp³-hybridized carbons (Fsp3) is 0.556. The molecule has 0 atom stereocenters. The SMILES string of the molecule is O=C(NNC(=S)NC1C2CC3CC(C2)CC1C3)c1ccc(Br)cc1. The van der Waals surface area contributed by atoms with E-state index in [4.69, 9.17) is 12.2 Å². The van der Waals surface area contributed by atoms with Crippen molar-refractivity contribution in [1.82, 2.24) is 16.2 Å². The maximum atomic E-state index is 12.1. The molecule has 0 aliphatic heterocycles. The third-order valence-electron chi connectivity index (χ3n) is 5.92. The molecule has 0 radical (unpaired) electrons. The molecule has 0 saturated heterocycles. The van der Waals surface area contributed by atoms with Gasteiger partial charge in [-0.3, -0.25) is 15.6 Å².